The Morgan fingerprint density at radius 1 is 0.247 bits per heavy atom. The van der Waals surface area contributed by atoms with Gasteiger partial charge in [-0.15, -0.1) is 0 Å². The maximum absolute atomic E-state index is 6.49. The monoisotopic (exact) mass is 1040 g/mol. The first-order valence-electron chi connectivity index (χ1n) is 27.8. The van der Waals surface area contributed by atoms with Crippen LogP contribution in [-0.4, -0.2) is 22.8 Å². The van der Waals surface area contributed by atoms with Crippen molar-refractivity contribution in [2.45, 2.75) is 0 Å². The maximum Gasteiger partial charge on any atom is 0.137 e. The van der Waals surface area contributed by atoms with E-state index in [1.165, 1.54) is 98.0 Å². The Kier molecular flexibility index (Phi) is 8.96. The summed E-state index contributed by atoms with van der Waals surface area (Å²) in [7, 11) is 4.36. The highest BCUT2D eigenvalue weighted by Gasteiger charge is 2.24. The zero-order valence-electron chi connectivity index (χ0n) is 44.3. The molecule has 0 amide bonds. The van der Waals surface area contributed by atoms with E-state index in [1.54, 1.807) is 0 Å². The van der Waals surface area contributed by atoms with E-state index in [2.05, 4.69) is 291 Å². The summed E-state index contributed by atoms with van der Waals surface area (Å²) >= 11 is 0. The number of anilines is 3. The summed E-state index contributed by atoms with van der Waals surface area (Å²) < 4.78 is 18.5. The second kappa shape index (κ2) is 16.4. The van der Waals surface area contributed by atoms with Gasteiger partial charge in [-0.2, -0.15) is 0 Å². The molecule has 0 fully saturated rings. The number of aromatic nitrogens is 5. The van der Waals surface area contributed by atoms with Gasteiger partial charge in [0.1, 0.15) is 11.2 Å². The van der Waals surface area contributed by atoms with Gasteiger partial charge in [0.05, 0.1) is 49.5 Å². The van der Waals surface area contributed by atoms with Crippen molar-refractivity contribution in [3.63, 3.8) is 0 Å². The zero-order chi connectivity index (χ0) is 53.2. The van der Waals surface area contributed by atoms with Crippen LogP contribution in [0.3, 0.4) is 0 Å². The number of hydrogen-bond acceptors (Lipinski definition) is 2. The fraction of sp³-hybridized carbons (Fsp3) is 0.0270. The van der Waals surface area contributed by atoms with Gasteiger partial charge in [0.25, 0.3) is 0 Å². The summed E-state index contributed by atoms with van der Waals surface area (Å²) in [6.07, 6.45) is 0. The van der Waals surface area contributed by atoms with Crippen LogP contribution in [0.5, 0.6) is 0 Å². The smallest absolute Gasteiger partial charge is 0.137 e. The van der Waals surface area contributed by atoms with E-state index in [0.29, 0.717) is 0 Å². The Hall–Kier alpha value is -10.8. The summed E-state index contributed by atoms with van der Waals surface area (Å²) in [5, 5.41) is 14.7. The predicted molar refractivity (Wildman–Crippen MR) is 339 cm³/mol. The lowest BCUT2D eigenvalue weighted by atomic mass is 10.1. The van der Waals surface area contributed by atoms with Gasteiger partial charge in [-0.3, -0.25) is 0 Å². The minimum atomic E-state index is 0.882. The number of aryl methyl sites for hydroxylation is 2. The first kappa shape index (κ1) is 44.2. The standard InChI is InChI=1S/C74H48N6O/c1-75-60-21-9-6-18-57(60)69-65(75)42-39-54-51-15-3-11-23-62(51)78(72(54)69)48-33-27-45(28-34-48)77(47-31-37-50(38-32-47)80-64-25-13-5-17-53(64)56-41-44-68-71(74(56)80)59-20-8-14-26-67(59)81-68)46-29-35-49(36-30-46)79-63-24-12-4-16-52(63)55-40-43-66-70(73(55)79)58-19-7-10-22-61(58)76(66)2/h3-44H,1-2H3. The predicted octanol–water partition coefficient (Wildman–Crippen LogP) is 19.6. The third-order valence-electron chi connectivity index (χ3n) is 17.7. The molecule has 0 saturated heterocycles. The number of hydrogen-bond donors (Lipinski definition) is 0. The number of fused-ring (bicyclic) bond motifs is 21. The van der Waals surface area contributed by atoms with Crippen molar-refractivity contribution in [2.24, 2.45) is 14.1 Å². The first-order valence-corrected chi connectivity index (χ1v) is 27.8. The Morgan fingerprint density at radius 3 is 1.00 bits per heavy atom. The average Bonchev–Trinajstić information content (AvgIpc) is 4.11. The molecule has 0 aliphatic heterocycles. The van der Waals surface area contributed by atoms with Crippen molar-refractivity contribution < 1.29 is 4.42 Å². The topological polar surface area (TPSA) is 41.0 Å². The SMILES string of the molecule is Cn1c2ccccc2c2c1ccc1c3ccccc3n(-c3ccc(N(c4ccc(-n5c6ccccc6c6ccc7oc8ccccc8c7c65)cc4)c4ccc(-n5c6ccccc6c6ccc7c(c8ccccc8n7C)c65)cc4)cc3)c12. The van der Waals surface area contributed by atoms with Gasteiger partial charge >= 0.3 is 0 Å². The third kappa shape index (κ3) is 6.01. The Bertz CT molecular complexity index is 5430. The number of para-hydroxylation sites is 6. The van der Waals surface area contributed by atoms with Crippen LogP contribution in [-0.2, 0) is 14.1 Å². The molecule has 18 aromatic rings. The Balaban J connectivity index is 0.834. The fourth-order valence-electron chi connectivity index (χ4n) is 14.2. The van der Waals surface area contributed by atoms with E-state index in [1.807, 2.05) is 6.07 Å². The van der Waals surface area contributed by atoms with Crippen LogP contribution in [0.1, 0.15) is 0 Å². The summed E-state index contributed by atoms with van der Waals surface area (Å²) in [5.41, 5.74) is 20.2. The highest BCUT2D eigenvalue weighted by molar-refractivity contribution is 6.28. The van der Waals surface area contributed by atoms with Crippen molar-refractivity contribution in [3.8, 4) is 17.1 Å². The van der Waals surface area contributed by atoms with Crippen LogP contribution in [0.25, 0.3) is 148 Å². The minimum Gasteiger partial charge on any atom is -0.456 e. The van der Waals surface area contributed by atoms with Crippen LogP contribution in [0, 0.1) is 0 Å². The quantitative estimate of drug-likeness (QED) is 0.167. The Labute approximate surface area is 463 Å². The molecule has 0 aliphatic rings. The molecular weight excluding hydrogens is 989 g/mol. The molecule has 0 radical (unpaired) electrons. The number of benzene rings is 12. The lowest BCUT2D eigenvalue weighted by molar-refractivity contribution is 0.669. The largest absolute Gasteiger partial charge is 0.456 e. The summed E-state index contributed by atoms with van der Waals surface area (Å²) in [6, 6.07) is 93.4. The van der Waals surface area contributed by atoms with Crippen LogP contribution in [0.2, 0.25) is 0 Å². The first-order chi connectivity index (χ1) is 40.1. The van der Waals surface area contributed by atoms with E-state index >= 15 is 0 Å². The number of rotatable bonds is 6. The average molecular weight is 1040 g/mol. The maximum atomic E-state index is 6.49. The van der Waals surface area contributed by atoms with Crippen molar-refractivity contribution in [1.82, 2.24) is 22.8 Å². The van der Waals surface area contributed by atoms with Crippen LogP contribution >= 0.6 is 0 Å². The van der Waals surface area contributed by atoms with Crippen LogP contribution in [0.15, 0.2) is 259 Å². The molecule has 0 atom stereocenters. The minimum absolute atomic E-state index is 0.882. The number of furan rings is 1. The summed E-state index contributed by atoms with van der Waals surface area (Å²) in [4.78, 5) is 2.40. The highest BCUT2D eigenvalue weighted by Crippen LogP contribution is 2.46. The molecule has 7 heteroatoms. The van der Waals surface area contributed by atoms with Crippen molar-refractivity contribution >= 4 is 148 Å². The molecule has 0 N–H and O–H groups in total. The zero-order valence-corrected chi connectivity index (χ0v) is 44.3. The lowest BCUT2D eigenvalue weighted by Gasteiger charge is -2.26. The lowest BCUT2D eigenvalue weighted by Crippen LogP contribution is -2.10. The van der Waals surface area contributed by atoms with Gasteiger partial charge in [-0.1, -0.05) is 121 Å². The van der Waals surface area contributed by atoms with Crippen LogP contribution < -0.4 is 4.90 Å². The van der Waals surface area contributed by atoms with Gasteiger partial charge in [0, 0.05) is 119 Å². The summed E-state index contributed by atoms with van der Waals surface area (Å²) in [6.45, 7) is 0. The molecule has 7 nitrogen and oxygen atoms in total. The van der Waals surface area contributed by atoms with E-state index in [9.17, 15) is 0 Å². The molecular formula is C74H48N6O. The molecule has 18 rings (SSSR count). The van der Waals surface area contributed by atoms with Gasteiger partial charge in [-0.05, 0) is 133 Å². The van der Waals surface area contributed by atoms with E-state index in [4.69, 9.17) is 4.42 Å². The molecule has 0 aliphatic carbocycles. The fourth-order valence-corrected chi connectivity index (χ4v) is 14.2. The van der Waals surface area contributed by atoms with Crippen molar-refractivity contribution in [3.05, 3.63) is 255 Å². The second-order valence-electron chi connectivity index (χ2n) is 21.7. The van der Waals surface area contributed by atoms with Gasteiger partial charge in [-0.25, -0.2) is 0 Å². The summed E-state index contributed by atoms with van der Waals surface area (Å²) in [5.74, 6) is 0. The molecule has 6 heterocycles. The normalized spacial score (nSPS) is 12.3. The molecule has 6 aromatic heterocycles. The molecule has 0 saturated carbocycles. The van der Waals surface area contributed by atoms with E-state index in [-0.39, 0.29) is 0 Å². The third-order valence-corrected chi connectivity index (χ3v) is 17.7. The number of nitrogens with zero attached hydrogens (tertiary/aromatic N) is 6. The molecule has 380 valence electrons. The van der Waals surface area contributed by atoms with Gasteiger partial charge in [0.2, 0.25) is 0 Å². The van der Waals surface area contributed by atoms with E-state index in [0.717, 1.165) is 67.1 Å². The van der Waals surface area contributed by atoms with Crippen molar-refractivity contribution in [1.29, 1.82) is 0 Å². The van der Waals surface area contributed by atoms with Crippen molar-refractivity contribution in [2.75, 3.05) is 4.90 Å². The molecule has 0 unspecified atom stereocenters. The van der Waals surface area contributed by atoms with Crippen LogP contribution in [0.4, 0.5) is 17.1 Å². The Morgan fingerprint density at radius 2 is 0.580 bits per heavy atom. The van der Waals surface area contributed by atoms with E-state index < -0.39 is 0 Å². The molecule has 0 spiro atoms. The van der Waals surface area contributed by atoms with Gasteiger partial charge < -0.3 is 32.2 Å². The van der Waals surface area contributed by atoms with Gasteiger partial charge in [0.15, 0.2) is 0 Å². The molecule has 81 heavy (non-hydrogen) atoms. The highest BCUT2D eigenvalue weighted by atomic mass is 16.3. The second-order valence-corrected chi connectivity index (χ2v) is 21.7. The molecule has 12 aromatic carbocycles. The molecule has 0 bridgehead atoms.